The maximum atomic E-state index is 13.7. The first-order valence-corrected chi connectivity index (χ1v) is 6.54. The van der Waals surface area contributed by atoms with Crippen LogP contribution in [0.3, 0.4) is 0 Å². The second-order valence-electron chi connectivity index (χ2n) is 4.14. The molecule has 0 spiro atoms. The lowest BCUT2D eigenvalue weighted by atomic mass is 10.1. The molecule has 21 heavy (non-hydrogen) atoms. The molecule has 0 radical (unpaired) electrons. The number of nitrogens with two attached hydrogens (primary N) is 1. The summed E-state index contributed by atoms with van der Waals surface area (Å²) in [5, 5.41) is 2.43. The van der Waals surface area contributed by atoms with Crippen LogP contribution in [0.5, 0.6) is 0 Å². The molecule has 2 rings (SSSR count). The molecule has 0 aromatic heterocycles. The highest BCUT2D eigenvalue weighted by Gasteiger charge is 2.11. The van der Waals surface area contributed by atoms with Crippen LogP contribution in [0.15, 0.2) is 42.5 Å². The van der Waals surface area contributed by atoms with Crippen molar-refractivity contribution in [2.45, 2.75) is 0 Å². The minimum absolute atomic E-state index is 0.0333. The lowest BCUT2D eigenvalue weighted by Gasteiger charge is -2.07. The molecule has 0 saturated carbocycles. The van der Waals surface area contributed by atoms with Crippen molar-refractivity contribution in [3.05, 3.63) is 64.4 Å². The van der Waals surface area contributed by atoms with Crippen molar-refractivity contribution >= 4 is 23.2 Å². The third-order valence-corrected chi connectivity index (χ3v) is 2.95. The quantitative estimate of drug-likeness (QED) is 0.838. The summed E-state index contributed by atoms with van der Waals surface area (Å²) in [6.45, 7) is 0.240. The number of nitrogens with one attached hydrogen (secondary N) is 1. The van der Waals surface area contributed by atoms with Crippen LogP contribution in [-0.2, 0) is 0 Å². The zero-order chi connectivity index (χ0) is 15.2. The fourth-order valence-corrected chi connectivity index (χ4v) is 1.86. The first kappa shape index (κ1) is 15.0. The number of halogens is 2. The molecule has 0 aliphatic carbocycles. The smallest absolute Gasteiger partial charge is 0.255 e. The molecule has 3 N–H and O–H groups in total. The van der Waals surface area contributed by atoms with Gasteiger partial charge in [0.25, 0.3) is 5.91 Å². The van der Waals surface area contributed by atoms with Crippen molar-refractivity contribution in [2.24, 2.45) is 5.73 Å². The van der Waals surface area contributed by atoms with E-state index in [0.29, 0.717) is 11.1 Å². The Morgan fingerprint density at radius 3 is 2.81 bits per heavy atom. The highest BCUT2D eigenvalue weighted by Crippen LogP contribution is 2.22. The van der Waals surface area contributed by atoms with E-state index in [1.165, 1.54) is 12.1 Å². The number of amides is 1. The van der Waals surface area contributed by atoms with Gasteiger partial charge in [-0.3, -0.25) is 4.79 Å². The second kappa shape index (κ2) is 6.89. The van der Waals surface area contributed by atoms with Gasteiger partial charge in [-0.1, -0.05) is 35.6 Å². The van der Waals surface area contributed by atoms with E-state index in [4.69, 9.17) is 17.3 Å². The van der Waals surface area contributed by atoms with E-state index in [1.807, 2.05) is 0 Å². The fourth-order valence-electron chi connectivity index (χ4n) is 1.69. The van der Waals surface area contributed by atoms with Crippen LogP contribution in [0.4, 0.5) is 10.1 Å². The summed E-state index contributed by atoms with van der Waals surface area (Å²) in [6, 6.07) is 11.1. The molecule has 0 aliphatic heterocycles. The number of rotatable bonds is 2. The average Bonchev–Trinajstić information content (AvgIpc) is 2.50. The molecule has 5 heteroatoms. The van der Waals surface area contributed by atoms with Gasteiger partial charge in [0.1, 0.15) is 0 Å². The summed E-state index contributed by atoms with van der Waals surface area (Å²) in [5.41, 5.74) is 6.37. The number of anilines is 1. The molecule has 0 aliphatic rings. The topological polar surface area (TPSA) is 55.1 Å². The minimum Gasteiger partial charge on any atom is -0.320 e. The maximum Gasteiger partial charge on any atom is 0.255 e. The number of hydrogen-bond acceptors (Lipinski definition) is 2. The highest BCUT2D eigenvalue weighted by atomic mass is 35.5. The van der Waals surface area contributed by atoms with Gasteiger partial charge in [-0.15, -0.1) is 0 Å². The van der Waals surface area contributed by atoms with E-state index in [0.717, 1.165) is 0 Å². The molecule has 2 aromatic carbocycles. The molecule has 0 heterocycles. The van der Waals surface area contributed by atoms with Gasteiger partial charge < -0.3 is 11.1 Å². The second-order valence-corrected chi connectivity index (χ2v) is 4.55. The van der Waals surface area contributed by atoms with E-state index >= 15 is 0 Å². The van der Waals surface area contributed by atoms with Crippen molar-refractivity contribution in [1.82, 2.24) is 0 Å². The normalized spacial score (nSPS) is 9.67. The Balaban J connectivity index is 2.22. The van der Waals surface area contributed by atoms with E-state index in [-0.39, 0.29) is 17.3 Å². The average molecular weight is 303 g/mol. The Morgan fingerprint density at radius 2 is 2.05 bits per heavy atom. The lowest BCUT2D eigenvalue weighted by Crippen LogP contribution is -2.13. The fraction of sp³-hybridized carbons (Fsp3) is 0.0625. The Labute approximate surface area is 126 Å². The SMILES string of the molecule is NCC#Cc1cccc(C(=O)Nc2cccc(Cl)c2F)c1. The molecule has 106 valence electrons. The molecule has 0 bridgehead atoms. The summed E-state index contributed by atoms with van der Waals surface area (Å²) in [6.07, 6.45) is 0. The highest BCUT2D eigenvalue weighted by molar-refractivity contribution is 6.31. The van der Waals surface area contributed by atoms with Crippen molar-refractivity contribution in [3.63, 3.8) is 0 Å². The van der Waals surface area contributed by atoms with Crippen molar-refractivity contribution < 1.29 is 9.18 Å². The van der Waals surface area contributed by atoms with Crippen LogP contribution in [-0.4, -0.2) is 12.5 Å². The molecular weight excluding hydrogens is 291 g/mol. The molecular formula is C16H12ClFN2O. The predicted octanol–water partition coefficient (Wildman–Crippen LogP) is 3.04. The Hall–Kier alpha value is -2.35. The minimum atomic E-state index is -0.661. The standard InChI is InChI=1S/C16H12ClFN2O/c17-13-7-2-8-14(15(13)18)20-16(21)12-6-1-4-11(10-12)5-3-9-19/h1-2,4,6-8,10H,9,19H2,(H,20,21). The first-order chi connectivity index (χ1) is 10.1. The van der Waals surface area contributed by atoms with E-state index in [9.17, 15) is 9.18 Å². The van der Waals surface area contributed by atoms with Gasteiger partial charge in [0.05, 0.1) is 17.3 Å². The van der Waals surface area contributed by atoms with Crippen LogP contribution in [0.2, 0.25) is 5.02 Å². The maximum absolute atomic E-state index is 13.7. The van der Waals surface area contributed by atoms with Crippen LogP contribution < -0.4 is 11.1 Å². The van der Waals surface area contributed by atoms with Gasteiger partial charge >= 0.3 is 0 Å². The van der Waals surface area contributed by atoms with Gasteiger partial charge in [0.15, 0.2) is 5.82 Å². The molecule has 0 atom stereocenters. The third kappa shape index (κ3) is 3.82. The number of carbonyl (C=O) groups is 1. The third-order valence-electron chi connectivity index (χ3n) is 2.66. The van der Waals surface area contributed by atoms with Crippen LogP contribution in [0.1, 0.15) is 15.9 Å². The number of benzene rings is 2. The molecule has 3 nitrogen and oxygen atoms in total. The number of hydrogen-bond donors (Lipinski definition) is 2. The van der Waals surface area contributed by atoms with E-state index in [2.05, 4.69) is 17.2 Å². The van der Waals surface area contributed by atoms with Gasteiger partial charge in [-0.2, -0.15) is 0 Å². The molecule has 0 saturated heterocycles. The van der Waals surface area contributed by atoms with Crippen molar-refractivity contribution in [3.8, 4) is 11.8 Å². The predicted molar refractivity (Wildman–Crippen MR) is 81.7 cm³/mol. The summed E-state index contributed by atoms with van der Waals surface area (Å²) in [4.78, 5) is 12.1. The van der Waals surface area contributed by atoms with Gasteiger partial charge in [0.2, 0.25) is 0 Å². The zero-order valence-corrected chi connectivity index (χ0v) is 11.7. The molecule has 2 aromatic rings. The summed E-state index contributed by atoms with van der Waals surface area (Å²) < 4.78 is 13.7. The lowest BCUT2D eigenvalue weighted by molar-refractivity contribution is 0.102. The van der Waals surface area contributed by atoms with Gasteiger partial charge in [-0.25, -0.2) is 4.39 Å². The largest absolute Gasteiger partial charge is 0.320 e. The molecule has 0 fully saturated rings. The Kier molecular flexibility index (Phi) is 4.94. The molecule has 0 unspecified atom stereocenters. The summed E-state index contributed by atoms with van der Waals surface area (Å²) >= 11 is 5.67. The first-order valence-electron chi connectivity index (χ1n) is 6.16. The Morgan fingerprint density at radius 1 is 1.29 bits per heavy atom. The summed E-state index contributed by atoms with van der Waals surface area (Å²) in [5.74, 6) is 4.44. The zero-order valence-electron chi connectivity index (χ0n) is 11.0. The van der Waals surface area contributed by atoms with Gasteiger partial charge in [0, 0.05) is 11.1 Å². The Bertz CT molecular complexity index is 735. The van der Waals surface area contributed by atoms with Crippen molar-refractivity contribution in [1.29, 1.82) is 0 Å². The number of carbonyl (C=O) groups excluding carboxylic acids is 1. The monoisotopic (exact) mass is 302 g/mol. The van der Waals surface area contributed by atoms with E-state index < -0.39 is 11.7 Å². The van der Waals surface area contributed by atoms with Crippen molar-refractivity contribution in [2.75, 3.05) is 11.9 Å². The molecule has 1 amide bonds. The van der Waals surface area contributed by atoms with Gasteiger partial charge in [-0.05, 0) is 30.3 Å². The van der Waals surface area contributed by atoms with E-state index in [1.54, 1.807) is 30.3 Å². The van der Waals surface area contributed by atoms with Crippen LogP contribution in [0.25, 0.3) is 0 Å². The van der Waals surface area contributed by atoms with Crippen LogP contribution >= 0.6 is 11.6 Å². The van der Waals surface area contributed by atoms with Crippen LogP contribution in [0, 0.1) is 17.7 Å². The summed E-state index contributed by atoms with van der Waals surface area (Å²) in [7, 11) is 0.